The summed E-state index contributed by atoms with van der Waals surface area (Å²) in [6.07, 6.45) is 0. The molecule has 3 nitrogen and oxygen atoms in total. The van der Waals surface area contributed by atoms with Gasteiger partial charge in [-0.3, -0.25) is 4.79 Å². The fraction of sp³-hybridized carbons (Fsp3) is 0.188. The molecule has 0 aliphatic carbocycles. The number of hydrogen-bond donors (Lipinski definition) is 1. The lowest BCUT2D eigenvalue weighted by Crippen LogP contribution is -2.23. The van der Waals surface area contributed by atoms with Crippen LogP contribution in [0.15, 0.2) is 47.4 Å². The van der Waals surface area contributed by atoms with Gasteiger partial charge in [0.25, 0.3) is 0 Å². The lowest BCUT2D eigenvalue weighted by Gasteiger charge is -2.12. The largest absolute Gasteiger partial charge is 0.497 e. The smallest absolute Gasteiger partial charge is 0.237 e. The van der Waals surface area contributed by atoms with E-state index in [-0.39, 0.29) is 11.6 Å². The summed E-state index contributed by atoms with van der Waals surface area (Å²) in [7, 11) is 1.58. The van der Waals surface area contributed by atoms with Gasteiger partial charge in [0.15, 0.2) is 0 Å². The van der Waals surface area contributed by atoms with Gasteiger partial charge in [0.1, 0.15) is 17.4 Å². The molecule has 0 aliphatic heterocycles. The van der Waals surface area contributed by atoms with E-state index in [1.807, 2.05) is 12.1 Å². The first kappa shape index (κ1) is 16.3. The van der Waals surface area contributed by atoms with E-state index in [0.29, 0.717) is 0 Å². The third-order valence-electron chi connectivity index (χ3n) is 2.93. The van der Waals surface area contributed by atoms with Crippen molar-refractivity contribution in [3.05, 3.63) is 54.1 Å². The highest BCUT2D eigenvalue weighted by Crippen LogP contribution is 2.26. The molecule has 0 aromatic heterocycles. The van der Waals surface area contributed by atoms with Gasteiger partial charge in [-0.2, -0.15) is 0 Å². The molecule has 2 aromatic rings. The monoisotopic (exact) mass is 323 g/mol. The standard InChI is InChI=1S/C16H15F2NO2S/c1-10(22-13-6-4-12(21-2)5-7-13)16(20)19-15-8-3-11(17)9-14(15)18/h3-10H,1-2H3,(H,19,20)/t10-/m0/s1. The first-order valence-corrected chi connectivity index (χ1v) is 7.44. The van der Waals surface area contributed by atoms with Crippen molar-refractivity contribution in [3.8, 4) is 5.75 Å². The van der Waals surface area contributed by atoms with Crippen molar-refractivity contribution >= 4 is 23.4 Å². The number of benzene rings is 2. The van der Waals surface area contributed by atoms with Crippen molar-refractivity contribution in [1.29, 1.82) is 0 Å². The van der Waals surface area contributed by atoms with Gasteiger partial charge < -0.3 is 10.1 Å². The number of thioether (sulfide) groups is 1. The highest BCUT2D eigenvalue weighted by molar-refractivity contribution is 8.00. The molecule has 22 heavy (non-hydrogen) atoms. The molecule has 0 aliphatic rings. The molecule has 1 atom stereocenters. The van der Waals surface area contributed by atoms with Crippen molar-refractivity contribution in [1.82, 2.24) is 0 Å². The third kappa shape index (κ3) is 4.21. The van der Waals surface area contributed by atoms with Crippen LogP contribution >= 0.6 is 11.8 Å². The van der Waals surface area contributed by atoms with Crippen molar-refractivity contribution in [2.45, 2.75) is 17.1 Å². The number of carbonyl (C=O) groups is 1. The zero-order chi connectivity index (χ0) is 16.1. The van der Waals surface area contributed by atoms with Crippen molar-refractivity contribution in [2.24, 2.45) is 0 Å². The summed E-state index contributed by atoms with van der Waals surface area (Å²) in [5, 5.41) is 2.02. The van der Waals surface area contributed by atoms with Gasteiger partial charge in [-0.05, 0) is 43.3 Å². The van der Waals surface area contributed by atoms with E-state index in [0.717, 1.165) is 22.8 Å². The van der Waals surface area contributed by atoms with Crippen LogP contribution < -0.4 is 10.1 Å². The number of amides is 1. The Bertz CT molecular complexity index is 662. The second kappa shape index (κ2) is 7.26. The molecule has 0 saturated heterocycles. The van der Waals surface area contributed by atoms with Gasteiger partial charge in [-0.1, -0.05) is 0 Å². The van der Waals surface area contributed by atoms with Crippen LogP contribution in [0.3, 0.4) is 0 Å². The van der Waals surface area contributed by atoms with Gasteiger partial charge in [0.2, 0.25) is 5.91 Å². The third-order valence-corrected chi connectivity index (χ3v) is 4.04. The molecule has 0 spiro atoms. The van der Waals surface area contributed by atoms with Gasteiger partial charge in [0, 0.05) is 11.0 Å². The predicted octanol–water partition coefficient (Wildman–Crippen LogP) is 4.09. The maximum absolute atomic E-state index is 13.5. The number of rotatable bonds is 5. The van der Waals surface area contributed by atoms with Crippen LogP contribution in [0.1, 0.15) is 6.92 Å². The maximum atomic E-state index is 13.5. The van der Waals surface area contributed by atoms with Crippen molar-refractivity contribution in [3.63, 3.8) is 0 Å². The fourth-order valence-electron chi connectivity index (χ4n) is 1.74. The second-order valence-electron chi connectivity index (χ2n) is 4.55. The summed E-state index contributed by atoms with van der Waals surface area (Å²) in [6, 6.07) is 10.3. The number of methoxy groups -OCH3 is 1. The SMILES string of the molecule is COc1ccc(S[C@@H](C)C(=O)Nc2ccc(F)cc2F)cc1. The lowest BCUT2D eigenvalue weighted by molar-refractivity contribution is -0.115. The summed E-state index contributed by atoms with van der Waals surface area (Å²) >= 11 is 1.34. The van der Waals surface area contributed by atoms with Crippen LogP contribution in [0.25, 0.3) is 0 Å². The van der Waals surface area contributed by atoms with Crippen molar-refractivity contribution in [2.75, 3.05) is 12.4 Å². The minimum atomic E-state index is -0.796. The molecule has 6 heteroatoms. The Hall–Kier alpha value is -2.08. The Kier molecular flexibility index (Phi) is 5.38. The Morgan fingerprint density at radius 3 is 2.45 bits per heavy atom. The molecular formula is C16H15F2NO2S. The highest BCUT2D eigenvalue weighted by atomic mass is 32.2. The molecule has 0 saturated carbocycles. The lowest BCUT2D eigenvalue weighted by atomic mass is 10.3. The van der Waals surface area contributed by atoms with Gasteiger partial charge in [-0.25, -0.2) is 8.78 Å². The summed E-state index contributed by atoms with van der Waals surface area (Å²) in [5.74, 6) is -1.10. The first-order chi connectivity index (χ1) is 10.5. The number of halogens is 2. The summed E-state index contributed by atoms with van der Waals surface area (Å²) < 4.78 is 31.4. The first-order valence-electron chi connectivity index (χ1n) is 6.56. The Labute approximate surface area is 131 Å². The molecule has 0 heterocycles. The van der Waals surface area contributed by atoms with Gasteiger partial charge in [0.05, 0.1) is 18.0 Å². The van der Waals surface area contributed by atoms with Crippen LogP contribution in [0.5, 0.6) is 5.75 Å². The van der Waals surface area contributed by atoms with E-state index in [4.69, 9.17) is 4.74 Å². The number of ether oxygens (including phenoxy) is 1. The summed E-state index contributed by atoms with van der Waals surface area (Å²) in [6.45, 7) is 1.71. The molecule has 0 bridgehead atoms. The molecule has 2 aromatic carbocycles. The zero-order valence-electron chi connectivity index (χ0n) is 12.1. The molecule has 116 valence electrons. The molecular weight excluding hydrogens is 308 g/mol. The molecule has 2 rings (SSSR count). The fourth-order valence-corrected chi connectivity index (χ4v) is 2.60. The number of hydrogen-bond acceptors (Lipinski definition) is 3. The molecule has 0 fully saturated rings. The number of anilines is 1. The quantitative estimate of drug-likeness (QED) is 0.842. The topological polar surface area (TPSA) is 38.3 Å². The predicted molar refractivity (Wildman–Crippen MR) is 83.3 cm³/mol. The van der Waals surface area contributed by atoms with Gasteiger partial charge >= 0.3 is 0 Å². The minimum Gasteiger partial charge on any atom is -0.497 e. The number of nitrogens with one attached hydrogen (secondary N) is 1. The van der Waals surface area contributed by atoms with E-state index in [1.165, 1.54) is 17.8 Å². The number of carbonyl (C=O) groups excluding carboxylic acids is 1. The average Bonchev–Trinajstić information content (AvgIpc) is 2.50. The van der Waals surface area contributed by atoms with E-state index >= 15 is 0 Å². The molecule has 0 radical (unpaired) electrons. The molecule has 0 unspecified atom stereocenters. The normalized spacial score (nSPS) is 11.8. The van der Waals surface area contributed by atoms with Crippen LogP contribution in [0.2, 0.25) is 0 Å². The van der Waals surface area contributed by atoms with Crippen LogP contribution in [-0.2, 0) is 4.79 Å². The van der Waals surface area contributed by atoms with Crippen LogP contribution in [0, 0.1) is 11.6 Å². The minimum absolute atomic E-state index is 0.0337. The van der Waals surface area contributed by atoms with Crippen LogP contribution in [-0.4, -0.2) is 18.3 Å². The Balaban J connectivity index is 1.99. The van der Waals surface area contributed by atoms with Crippen LogP contribution in [0.4, 0.5) is 14.5 Å². The van der Waals surface area contributed by atoms with E-state index in [2.05, 4.69) is 5.32 Å². The van der Waals surface area contributed by atoms with Gasteiger partial charge in [-0.15, -0.1) is 11.8 Å². The van der Waals surface area contributed by atoms with E-state index in [9.17, 15) is 13.6 Å². The zero-order valence-corrected chi connectivity index (χ0v) is 12.9. The van der Waals surface area contributed by atoms with E-state index in [1.54, 1.807) is 26.2 Å². The highest BCUT2D eigenvalue weighted by Gasteiger charge is 2.16. The molecule has 1 amide bonds. The van der Waals surface area contributed by atoms with E-state index < -0.39 is 16.9 Å². The maximum Gasteiger partial charge on any atom is 0.237 e. The summed E-state index contributed by atoms with van der Waals surface area (Å²) in [5.41, 5.74) is -0.0337. The molecule has 1 N–H and O–H groups in total. The summed E-state index contributed by atoms with van der Waals surface area (Å²) in [4.78, 5) is 13.0. The second-order valence-corrected chi connectivity index (χ2v) is 5.96. The average molecular weight is 323 g/mol. The Morgan fingerprint density at radius 1 is 1.18 bits per heavy atom. The van der Waals surface area contributed by atoms with Crippen molar-refractivity contribution < 1.29 is 18.3 Å². The Morgan fingerprint density at radius 2 is 1.86 bits per heavy atom.